The van der Waals surface area contributed by atoms with Crippen LogP contribution < -0.4 is 10.6 Å². The molecule has 34 heavy (non-hydrogen) atoms. The smallest absolute Gasteiger partial charge is 0.336 e. The number of carbonyl (C=O) groups excluding carboxylic acids is 1. The summed E-state index contributed by atoms with van der Waals surface area (Å²) in [4.78, 5) is 17.6. The highest BCUT2D eigenvalue weighted by Gasteiger charge is 2.41. The third kappa shape index (κ3) is 6.08. The fraction of sp³-hybridized carbons (Fsp3) is 0.308. The molecule has 1 aromatic heterocycles. The van der Waals surface area contributed by atoms with Crippen LogP contribution in [0.2, 0.25) is 0 Å². The second kappa shape index (κ2) is 10.8. The number of urea groups is 1. The van der Waals surface area contributed by atoms with Crippen molar-refractivity contribution in [3.05, 3.63) is 100 Å². The summed E-state index contributed by atoms with van der Waals surface area (Å²) < 4.78 is 42.3. The molecule has 0 spiro atoms. The second-order valence-electron chi connectivity index (χ2n) is 8.53. The summed E-state index contributed by atoms with van der Waals surface area (Å²) in [6, 6.07) is 16.6. The van der Waals surface area contributed by atoms with Crippen molar-refractivity contribution in [1.82, 2.24) is 15.6 Å². The van der Waals surface area contributed by atoms with Gasteiger partial charge in [-0.25, -0.2) is 4.79 Å². The molecule has 0 aliphatic rings. The lowest BCUT2D eigenvalue weighted by atomic mass is 9.79. The summed E-state index contributed by atoms with van der Waals surface area (Å²) in [5.41, 5.74) is 0.634. The second-order valence-corrected chi connectivity index (χ2v) is 9.30. The molecule has 4 nitrogen and oxygen atoms in total. The summed E-state index contributed by atoms with van der Waals surface area (Å²) in [6.45, 7) is 5.07. The Morgan fingerprint density at radius 2 is 1.74 bits per heavy atom. The van der Waals surface area contributed by atoms with E-state index in [1.54, 1.807) is 18.3 Å². The molecule has 2 N–H and O–H groups in total. The molecule has 1 atom stereocenters. The van der Waals surface area contributed by atoms with Gasteiger partial charge in [0.25, 0.3) is 0 Å². The summed E-state index contributed by atoms with van der Waals surface area (Å²) in [5, 5.41) is 5.80. The lowest BCUT2D eigenvalue weighted by Gasteiger charge is -2.36. The molecule has 3 rings (SSSR count). The van der Waals surface area contributed by atoms with E-state index >= 15 is 0 Å². The molecule has 3 aromatic rings. The van der Waals surface area contributed by atoms with Crippen LogP contribution in [-0.4, -0.2) is 17.1 Å². The Morgan fingerprint density at radius 1 is 1.03 bits per heavy atom. The van der Waals surface area contributed by atoms with Crippen LogP contribution in [0.25, 0.3) is 0 Å². The van der Waals surface area contributed by atoms with E-state index in [0.717, 1.165) is 21.6 Å². The number of rotatable bonds is 7. The largest absolute Gasteiger partial charge is 0.416 e. The lowest BCUT2D eigenvalue weighted by Crippen LogP contribution is -2.53. The van der Waals surface area contributed by atoms with E-state index in [4.69, 9.17) is 0 Å². The number of hydrogen-bond donors (Lipinski definition) is 2. The summed E-state index contributed by atoms with van der Waals surface area (Å²) >= 11 is 2.22. The molecule has 0 fully saturated rings. The van der Waals surface area contributed by atoms with Gasteiger partial charge in [-0.15, -0.1) is 0 Å². The van der Waals surface area contributed by atoms with Crippen molar-refractivity contribution in [2.24, 2.45) is 0 Å². The van der Waals surface area contributed by atoms with Crippen LogP contribution >= 0.6 is 22.6 Å². The number of halogens is 4. The average Bonchev–Trinajstić information content (AvgIpc) is 2.78. The molecular weight excluding hydrogens is 554 g/mol. The highest BCUT2D eigenvalue weighted by molar-refractivity contribution is 14.1. The van der Waals surface area contributed by atoms with Crippen LogP contribution in [0.5, 0.6) is 0 Å². The van der Waals surface area contributed by atoms with Crippen molar-refractivity contribution in [3.63, 3.8) is 0 Å². The van der Waals surface area contributed by atoms with Crippen LogP contribution in [0.1, 0.15) is 47.4 Å². The maximum atomic E-state index is 13.9. The van der Waals surface area contributed by atoms with Gasteiger partial charge < -0.3 is 10.6 Å². The molecule has 0 aliphatic carbocycles. The van der Waals surface area contributed by atoms with Crippen molar-refractivity contribution in [2.45, 2.75) is 49.4 Å². The number of aryl methyl sites for hydroxylation is 1. The molecule has 0 aliphatic heterocycles. The summed E-state index contributed by atoms with van der Waals surface area (Å²) in [5.74, 6) is 0. The van der Waals surface area contributed by atoms with E-state index in [1.807, 2.05) is 50.2 Å². The fourth-order valence-electron chi connectivity index (χ4n) is 3.86. The van der Waals surface area contributed by atoms with Crippen molar-refractivity contribution < 1.29 is 18.0 Å². The Balaban J connectivity index is 2.28. The highest BCUT2D eigenvalue weighted by atomic mass is 127. The van der Waals surface area contributed by atoms with Gasteiger partial charge in [0.05, 0.1) is 11.3 Å². The van der Waals surface area contributed by atoms with Gasteiger partial charge in [0.2, 0.25) is 0 Å². The first-order chi connectivity index (χ1) is 16.0. The first kappa shape index (κ1) is 26.0. The molecule has 1 heterocycles. The number of benzene rings is 2. The minimum Gasteiger partial charge on any atom is -0.336 e. The minimum absolute atomic E-state index is 0.115. The van der Waals surface area contributed by atoms with E-state index in [1.165, 1.54) is 13.0 Å². The third-order valence-corrected chi connectivity index (χ3v) is 6.39. The monoisotopic (exact) mass is 581 g/mol. The number of amides is 2. The fourth-order valence-corrected chi connectivity index (χ4v) is 4.32. The topological polar surface area (TPSA) is 54.0 Å². The van der Waals surface area contributed by atoms with Crippen molar-refractivity contribution in [1.29, 1.82) is 0 Å². The van der Waals surface area contributed by atoms with Crippen molar-refractivity contribution >= 4 is 28.6 Å². The molecule has 0 saturated heterocycles. The Hall–Kier alpha value is -2.62. The lowest BCUT2D eigenvalue weighted by molar-refractivity contribution is -0.138. The number of hydrogen-bond acceptors (Lipinski definition) is 2. The minimum atomic E-state index is -4.53. The Labute approximate surface area is 211 Å². The quantitative estimate of drug-likeness (QED) is 0.246. The van der Waals surface area contributed by atoms with E-state index in [9.17, 15) is 18.0 Å². The maximum Gasteiger partial charge on any atom is 0.416 e. The number of aromatic nitrogens is 1. The SMILES string of the molecule is Cc1ccc([C@@](Cc2ccccc2)(NC(=O)NC(C)C)c2ccc(CI)cn2)cc1C(F)(F)F. The molecule has 2 amide bonds. The van der Waals surface area contributed by atoms with Gasteiger partial charge in [0.1, 0.15) is 5.54 Å². The molecule has 0 radical (unpaired) electrons. The highest BCUT2D eigenvalue weighted by Crippen LogP contribution is 2.38. The molecule has 0 saturated carbocycles. The zero-order chi connectivity index (χ0) is 24.9. The van der Waals surface area contributed by atoms with E-state index in [0.29, 0.717) is 11.3 Å². The predicted octanol–water partition coefficient (Wildman–Crippen LogP) is 6.54. The first-order valence-electron chi connectivity index (χ1n) is 10.9. The first-order valence-corrected chi connectivity index (χ1v) is 12.4. The molecule has 0 unspecified atom stereocenters. The Morgan fingerprint density at radius 3 is 2.29 bits per heavy atom. The van der Waals surface area contributed by atoms with E-state index in [-0.39, 0.29) is 18.0 Å². The Bertz CT molecular complexity index is 1120. The number of nitrogens with zero attached hydrogens (tertiary/aromatic N) is 1. The van der Waals surface area contributed by atoms with Gasteiger partial charge in [-0.2, -0.15) is 13.2 Å². The van der Waals surface area contributed by atoms with E-state index in [2.05, 4.69) is 38.2 Å². The van der Waals surface area contributed by atoms with Crippen LogP contribution in [0.3, 0.4) is 0 Å². The number of pyridine rings is 1. The zero-order valence-corrected chi connectivity index (χ0v) is 21.4. The van der Waals surface area contributed by atoms with Gasteiger partial charge in [-0.05, 0) is 55.2 Å². The van der Waals surface area contributed by atoms with Gasteiger partial charge >= 0.3 is 12.2 Å². The number of carbonyl (C=O) groups is 1. The standard InChI is InChI=1S/C26H27F3IN3O/c1-17(2)32-24(34)33-25(14-19-7-5-4-6-8-19,23-12-10-20(15-30)16-31-23)21-11-9-18(3)22(13-21)26(27,28)29/h4-13,16-17H,14-15H2,1-3H3,(H2,32,33,34)/t25-/m1/s1. The van der Waals surface area contributed by atoms with Gasteiger partial charge in [-0.3, -0.25) is 4.98 Å². The summed E-state index contributed by atoms with van der Waals surface area (Å²) in [6.07, 6.45) is -2.62. The van der Waals surface area contributed by atoms with Crippen molar-refractivity contribution in [2.75, 3.05) is 0 Å². The number of alkyl halides is 4. The van der Waals surface area contributed by atoms with Crippen molar-refractivity contribution in [3.8, 4) is 0 Å². The average molecular weight is 581 g/mol. The molecule has 8 heteroatoms. The zero-order valence-electron chi connectivity index (χ0n) is 19.2. The Kier molecular flexibility index (Phi) is 8.22. The van der Waals surface area contributed by atoms with Gasteiger partial charge in [0.15, 0.2) is 0 Å². The maximum absolute atomic E-state index is 13.9. The van der Waals surface area contributed by atoms with Gasteiger partial charge in [0, 0.05) is 23.1 Å². The molecule has 180 valence electrons. The third-order valence-electron chi connectivity index (χ3n) is 5.51. The number of nitrogens with one attached hydrogen (secondary N) is 2. The van der Waals surface area contributed by atoms with Crippen LogP contribution in [0.4, 0.5) is 18.0 Å². The van der Waals surface area contributed by atoms with Crippen LogP contribution in [0.15, 0.2) is 66.9 Å². The van der Waals surface area contributed by atoms with E-state index < -0.39 is 23.3 Å². The molecule has 0 bridgehead atoms. The normalized spacial score (nSPS) is 13.4. The van der Waals surface area contributed by atoms with Gasteiger partial charge in [-0.1, -0.05) is 71.1 Å². The molecule has 2 aromatic carbocycles. The molecular formula is C26H27F3IN3O. The predicted molar refractivity (Wildman–Crippen MR) is 136 cm³/mol. The van der Waals surface area contributed by atoms with Crippen LogP contribution in [-0.2, 0) is 22.6 Å². The summed E-state index contributed by atoms with van der Waals surface area (Å²) in [7, 11) is 0. The van der Waals surface area contributed by atoms with Crippen LogP contribution in [0, 0.1) is 6.92 Å².